The number of hydrogen-bond donors (Lipinski definition) is 1. The van der Waals surface area contributed by atoms with Crippen molar-refractivity contribution in [3.63, 3.8) is 0 Å². The molecule has 0 radical (unpaired) electrons. The van der Waals surface area contributed by atoms with E-state index in [-0.39, 0.29) is 23.7 Å². The van der Waals surface area contributed by atoms with Gasteiger partial charge in [-0.15, -0.1) is 0 Å². The van der Waals surface area contributed by atoms with E-state index in [4.69, 9.17) is 14.2 Å². The molecule has 0 aliphatic carbocycles. The highest BCUT2D eigenvalue weighted by atomic mass is 16.6. The van der Waals surface area contributed by atoms with Gasteiger partial charge >= 0.3 is 6.09 Å². The van der Waals surface area contributed by atoms with Crippen LogP contribution in [-0.4, -0.2) is 55.0 Å². The smallest absolute Gasteiger partial charge is 0.415 e. The van der Waals surface area contributed by atoms with E-state index in [1.165, 1.54) is 32.4 Å². The Morgan fingerprint density at radius 1 is 0.853 bits per heavy atom. The molecule has 0 unspecified atom stereocenters. The Kier molecular flexibility index (Phi) is 8.45. The first-order valence-electron chi connectivity index (χ1n) is 10.8. The molecular weight excluding hydrogens is 438 g/mol. The molecular formula is C26H27NO7. The lowest BCUT2D eigenvalue weighted by Crippen LogP contribution is -2.30. The molecule has 2 aromatic rings. The lowest BCUT2D eigenvalue weighted by Gasteiger charge is -2.16. The SMILES string of the molecule is COc1cc(C=CC(=O)CC(=O)C=Cc2ccc(OC(=O)N3CCCC3)c(OC)c2)ccc1O. The Morgan fingerprint density at radius 3 is 2.00 bits per heavy atom. The number of benzene rings is 2. The van der Waals surface area contributed by atoms with Crippen LogP contribution >= 0.6 is 0 Å². The van der Waals surface area contributed by atoms with Gasteiger partial charge in [-0.25, -0.2) is 4.79 Å². The summed E-state index contributed by atoms with van der Waals surface area (Å²) in [5.41, 5.74) is 1.31. The van der Waals surface area contributed by atoms with Crippen molar-refractivity contribution in [3.8, 4) is 23.0 Å². The number of aromatic hydroxyl groups is 1. The molecule has 1 aliphatic heterocycles. The summed E-state index contributed by atoms with van der Waals surface area (Å²) in [6.45, 7) is 1.36. The molecule has 0 saturated carbocycles. The van der Waals surface area contributed by atoms with Gasteiger partial charge < -0.3 is 24.2 Å². The third-order valence-electron chi connectivity index (χ3n) is 5.22. The van der Waals surface area contributed by atoms with E-state index < -0.39 is 6.09 Å². The third kappa shape index (κ3) is 6.71. The first-order chi connectivity index (χ1) is 16.4. The summed E-state index contributed by atoms with van der Waals surface area (Å²) >= 11 is 0. The molecule has 34 heavy (non-hydrogen) atoms. The van der Waals surface area contributed by atoms with E-state index in [9.17, 15) is 19.5 Å². The van der Waals surface area contributed by atoms with Crippen LogP contribution in [0.5, 0.6) is 23.0 Å². The average Bonchev–Trinajstić information content (AvgIpc) is 3.38. The van der Waals surface area contributed by atoms with E-state index in [2.05, 4.69) is 0 Å². The molecule has 1 aliphatic rings. The molecule has 178 valence electrons. The van der Waals surface area contributed by atoms with Crippen molar-refractivity contribution in [2.45, 2.75) is 19.3 Å². The third-order valence-corrected chi connectivity index (χ3v) is 5.22. The number of amides is 1. The number of ether oxygens (including phenoxy) is 3. The maximum atomic E-state index is 12.2. The molecule has 1 N–H and O–H groups in total. The number of rotatable bonds is 9. The summed E-state index contributed by atoms with van der Waals surface area (Å²) in [5, 5.41) is 9.62. The molecule has 8 heteroatoms. The topological polar surface area (TPSA) is 102 Å². The second kappa shape index (κ2) is 11.7. The highest BCUT2D eigenvalue weighted by molar-refractivity contribution is 6.10. The number of methoxy groups -OCH3 is 2. The summed E-state index contributed by atoms with van der Waals surface area (Å²) in [7, 11) is 2.90. The zero-order valence-corrected chi connectivity index (χ0v) is 19.2. The minimum Gasteiger partial charge on any atom is -0.504 e. The first-order valence-corrected chi connectivity index (χ1v) is 10.8. The minimum atomic E-state index is -0.411. The van der Waals surface area contributed by atoms with Gasteiger partial charge in [0, 0.05) is 13.1 Å². The largest absolute Gasteiger partial charge is 0.504 e. The number of nitrogens with zero attached hydrogens (tertiary/aromatic N) is 1. The van der Waals surface area contributed by atoms with Gasteiger partial charge in [-0.05, 0) is 60.4 Å². The molecule has 0 aromatic heterocycles. The Hall–Kier alpha value is -4.07. The Balaban J connectivity index is 1.57. The summed E-state index contributed by atoms with van der Waals surface area (Å²) in [6, 6.07) is 9.62. The summed E-state index contributed by atoms with van der Waals surface area (Å²) in [6.07, 6.45) is 6.98. The Labute approximate surface area is 198 Å². The maximum absolute atomic E-state index is 12.2. The van der Waals surface area contributed by atoms with E-state index in [1.807, 2.05) is 0 Å². The molecule has 2 aromatic carbocycles. The number of carbonyl (C=O) groups excluding carboxylic acids is 3. The van der Waals surface area contributed by atoms with E-state index >= 15 is 0 Å². The number of allylic oxidation sites excluding steroid dienone is 2. The zero-order valence-electron chi connectivity index (χ0n) is 19.2. The average molecular weight is 466 g/mol. The molecule has 0 atom stereocenters. The van der Waals surface area contributed by atoms with Crippen LogP contribution in [-0.2, 0) is 9.59 Å². The number of hydrogen-bond acceptors (Lipinski definition) is 7. The molecule has 1 amide bonds. The van der Waals surface area contributed by atoms with Gasteiger partial charge in [-0.3, -0.25) is 9.59 Å². The van der Waals surface area contributed by atoms with Crippen molar-refractivity contribution in [1.82, 2.24) is 4.90 Å². The monoisotopic (exact) mass is 465 g/mol. The molecule has 3 rings (SSSR count). The number of carbonyl (C=O) groups is 3. The minimum absolute atomic E-state index is 0.000655. The van der Waals surface area contributed by atoms with Crippen LogP contribution in [0, 0.1) is 0 Å². The summed E-state index contributed by atoms with van der Waals surface area (Å²) < 4.78 is 15.8. The number of ketones is 2. The van der Waals surface area contributed by atoms with Gasteiger partial charge in [0.05, 0.1) is 20.6 Å². The Morgan fingerprint density at radius 2 is 1.41 bits per heavy atom. The van der Waals surface area contributed by atoms with E-state index in [0.29, 0.717) is 41.5 Å². The molecule has 1 heterocycles. The van der Waals surface area contributed by atoms with Crippen molar-refractivity contribution < 1.29 is 33.7 Å². The van der Waals surface area contributed by atoms with Gasteiger partial charge in [0.15, 0.2) is 34.6 Å². The van der Waals surface area contributed by atoms with Gasteiger partial charge in [0.1, 0.15) is 0 Å². The molecule has 0 bridgehead atoms. The standard InChI is InChI=1S/C26H27NO7/c1-32-24-15-18(7-11-22(24)30)5-9-20(28)17-21(29)10-6-19-8-12-23(25(16-19)33-2)34-26(31)27-13-3-4-14-27/h5-12,15-16,30H,3-4,13-14,17H2,1-2H3. The lowest BCUT2D eigenvalue weighted by atomic mass is 10.1. The molecule has 0 spiro atoms. The summed E-state index contributed by atoms with van der Waals surface area (Å²) in [5.74, 6) is 0.242. The Bertz CT molecular complexity index is 1110. The fourth-order valence-corrected chi connectivity index (χ4v) is 3.40. The van der Waals surface area contributed by atoms with Crippen LogP contribution in [0.25, 0.3) is 12.2 Å². The molecule has 1 saturated heterocycles. The second-order valence-electron chi connectivity index (χ2n) is 7.68. The van der Waals surface area contributed by atoms with Crippen molar-refractivity contribution in [3.05, 3.63) is 59.7 Å². The normalized spacial score (nSPS) is 13.4. The van der Waals surface area contributed by atoms with Crippen LogP contribution < -0.4 is 14.2 Å². The number of likely N-dealkylation sites (tertiary alicyclic amines) is 1. The highest BCUT2D eigenvalue weighted by Crippen LogP contribution is 2.30. The van der Waals surface area contributed by atoms with Crippen LogP contribution in [0.3, 0.4) is 0 Å². The van der Waals surface area contributed by atoms with E-state index in [1.54, 1.807) is 47.4 Å². The van der Waals surface area contributed by atoms with Crippen molar-refractivity contribution >= 4 is 29.8 Å². The maximum Gasteiger partial charge on any atom is 0.415 e. The number of phenols is 1. The predicted octanol–water partition coefficient (Wildman–Crippen LogP) is 4.26. The van der Waals surface area contributed by atoms with Crippen molar-refractivity contribution in [2.24, 2.45) is 0 Å². The highest BCUT2D eigenvalue weighted by Gasteiger charge is 2.21. The zero-order chi connectivity index (χ0) is 24.5. The van der Waals surface area contributed by atoms with Gasteiger partial charge in [0.2, 0.25) is 0 Å². The summed E-state index contributed by atoms with van der Waals surface area (Å²) in [4.78, 5) is 38.2. The van der Waals surface area contributed by atoms with Gasteiger partial charge in [0.25, 0.3) is 0 Å². The quantitative estimate of drug-likeness (QED) is 0.436. The van der Waals surface area contributed by atoms with Crippen molar-refractivity contribution in [2.75, 3.05) is 27.3 Å². The van der Waals surface area contributed by atoms with Crippen molar-refractivity contribution in [1.29, 1.82) is 0 Å². The predicted molar refractivity (Wildman–Crippen MR) is 127 cm³/mol. The van der Waals surface area contributed by atoms with Crippen LogP contribution in [0.2, 0.25) is 0 Å². The van der Waals surface area contributed by atoms with Crippen LogP contribution in [0.4, 0.5) is 4.79 Å². The molecule has 8 nitrogen and oxygen atoms in total. The lowest BCUT2D eigenvalue weighted by molar-refractivity contribution is -0.121. The fraction of sp³-hybridized carbons (Fsp3) is 0.269. The van der Waals surface area contributed by atoms with Crippen LogP contribution in [0.15, 0.2) is 48.6 Å². The second-order valence-corrected chi connectivity index (χ2v) is 7.68. The van der Waals surface area contributed by atoms with E-state index in [0.717, 1.165) is 12.8 Å². The first kappa shape index (κ1) is 24.6. The fourth-order valence-electron chi connectivity index (χ4n) is 3.40. The number of phenolic OH excluding ortho intramolecular Hbond substituents is 1. The molecule has 1 fully saturated rings. The van der Waals surface area contributed by atoms with Crippen LogP contribution in [0.1, 0.15) is 30.4 Å². The van der Waals surface area contributed by atoms with Gasteiger partial charge in [-0.1, -0.05) is 24.3 Å². The van der Waals surface area contributed by atoms with Gasteiger partial charge in [-0.2, -0.15) is 0 Å².